The van der Waals surface area contributed by atoms with E-state index < -0.39 is 11.4 Å². The second-order valence-corrected chi connectivity index (χ2v) is 9.04. The Balaban J connectivity index is 1.52. The number of halogens is 1. The van der Waals surface area contributed by atoms with Crippen LogP contribution in [0.1, 0.15) is 52.0 Å². The van der Waals surface area contributed by atoms with Gasteiger partial charge in [-0.15, -0.1) is 0 Å². The molecule has 0 spiro atoms. The van der Waals surface area contributed by atoms with Crippen molar-refractivity contribution in [2.75, 3.05) is 6.54 Å². The predicted octanol–water partition coefficient (Wildman–Crippen LogP) is 3.25. The molecule has 8 heteroatoms. The Morgan fingerprint density at radius 2 is 1.97 bits per heavy atom. The third-order valence-corrected chi connectivity index (χ3v) is 5.49. The molecule has 2 heterocycles. The number of ether oxygens (including phenoxy) is 1. The van der Waals surface area contributed by atoms with Crippen molar-refractivity contribution in [1.82, 2.24) is 20.2 Å². The van der Waals surface area contributed by atoms with Gasteiger partial charge in [-0.3, -0.25) is 9.78 Å². The summed E-state index contributed by atoms with van der Waals surface area (Å²) in [6.07, 6.45) is 4.59. The number of rotatable bonds is 5. The Hall–Kier alpha value is -2.48. The summed E-state index contributed by atoms with van der Waals surface area (Å²) < 4.78 is 21.2. The highest BCUT2D eigenvalue weighted by molar-refractivity contribution is 5.78. The van der Waals surface area contributed by atoms with Crippen molar-refractivity contribution in [3.05, 3.63) is 40.1 Å². The Kier molecular flexibility index (Phi) is 6.75. The Morgan fingerprint density at radius 1 is 1.27 bits per heavy atom. The molecule has 164 valence electrons. The highest BCUT2D eigenvalue weighted by Gasteiger charge is 2.24. The van der Waals surface area contributed by atoms with Crippen LogP contribution in [0.4, 0.5) is 9.18 Å². The van der Waals surface area contributed by atoms with Crippen LogP contribution in [0, 0.1) is 11.7 Å². The molecule has 1 fully saturated rings. The van der Waals surface area contributed by atoms with Gasteiger partial charge in [0.05, 0.1) is 17.2 Å². The van der Waals surface area contributed by atoms with Crippen LogP contribution < -0.4 is 16.2 Å². The minimum absolute atomic E-state index is 0.132. The summed E-state index contributed by atoms with van der Waals surface area (Å²) in [6, 6.07) is 3.19. The van der Waals surface area contributed by atoms with Crippen LogP contribution in [0.3, 0.4) is 0 Å². The van der Waals surface area contributed by atoms with Crippen molar-refractivity contribution in [2.24, 2.45) is 13.0 Å². The maximum absolute atomic E-state index is 14.4. The Morgan fingerprint density at radius 3 is 2.63 bits per heavy atom. The number of pyridine rings is 2. The summed E-state index contributed by atoms with van der Waals surface area (Å²) in [5, 5.41) is 6.29. The van der Waals surface area contributed by atoms with Crippen molar-refractivity contribution in [3.63, 3.8) is 0 Å². The molecule has 1 aliphatic rings. The van der Waals surface area contributed by atoms with Gasteiger partial charge in [0.2, 0.25) is 0 Å². The molecule has 0 unspecified atom stereocenters. The summed E-state index contributed by atoms with van der Waals surface area (Å²) in [5.74, 6) is 0.0446. The number of nitrogens with one attached hydrogen (secondary N) is 2. The SMILES string of the molecule is Cn1c(=O)ccc2ncc(F)c(CNCC3CCC(NC(=O)OC(C)(C)C)CC3)c21. The lowest BCUT2D eigenvalue weighted by Gasteiger charge is -2.30. The van der Waals surface area contributed by atoms with Gasteiger partial charge in [0, 0.05) is 31.3 Å². The van der Waals surface area contributed by atoms with Crippen molar-refractivity contribution < 1.29 is 13.9 Å². The fraction of sp³-hybridized carbons (Fsp3) is 0.591. The van der Waals surface area contributed by atoms with Crippen LogP contribution >= 0.6 is 0 Å². The zero-order valence-corrected chi connectivity index (χ0v) is 18.1. The van der Waals surface area contributed by atoms with Gasteiger partial charge in [-0.25, -0.2) is 9.18 Å². The van der Waals surface area contributed by atoms with Gasteiger partial charge in [-0.1, -0.05) is 0 Å². The monoisotopic (exact) mass is 418 g/mol. The number of carbonyl (C=O) groups excluding carboxylic acids is 1. The lowest BCUT2D eigenvalue weighted by Crippen LogP contribution is -2.41. The first-order chi connectivity index (χ1) is 14.1. The van der Waals surface area contributed by atoms with Gasteiger partial charge in [0.25, 0.3) is 5.56 Å². The van der Waals surface area contributed by atoms with Crippen LogP contribution in [0.2, 0.25) is 0 Å². The normalized spacial score (nSPS) is 19.6. The minimum Gasteiger partial charge on any atom is -0.444 e. The summed E-state index contributed by atoms with van der Waals surface area (Å²) in [7, 11) is 1.63. The fourth-order valence-corrected chi connectivity index (χ4v) is 3.96. The molecular weight excluding hydrogens is 387 g/mol. The number of amides is 1. The molecule has 2 aromatic rings. The molecule has 0 bridgehead atoms. The highest BCUT2D eigenvalue weighted by atomic mass is 19.1. The van der Waals surface area contributed by atoms with Crippen molar-refractivity contribution in [3.8, 4) is 0 Å². The van der Waals surface area contributed by atoms with Gasteiger partial charge in [-0.05, 0) is 65.0 Å². The third-order valence-electron chi connectivity index (χ3n) is 5.49. The third kappa shape index (κ3) is 5.56. The molecular formula is C22H31FN4O3. The second-order valence-electron chi connectivity index (χ2n) is 9.04. The quantitative estimate of drug-likeness (QED) is 0.779. The second kappa shape index (κ2) is 9.12. The summed E-state index contributed by atoms with van der Waals surface area (Å²) >= 11 is 0. The molecule has 1 saturated carbocycles. The van der Waals surface area contributed by atoms with E-state index in [2.05, 4.69) is 15.6 Å². The Bertz CT molecular complexity index is 959. The molecule has 1 aliphatic carbocycles. The number of fused-ring (bicyclic) bond motifs is 1. The Labute approximate surface area is 176 Å². The average molecular weight is 419 g/mol. The van der Waals surface area contributed by atoms with Gasteiger partial charge < -0.3 is 19.9 Å². The average Bonchev–Trinajstić information content (AvgIpc) is 2.66. The van der Waals surface area contributed by atoms with E-state index in [0.29, 0.717) is 29.1 Å². The van der Waals surface area contributed by atoms with Gasteiger partial charge in [0.1, 0.15) is 11.4 Å². The number of hydrogen-bond donors (Lipinski definition) is 2. The van der Waals surface area contributed by atoms with Crippen molar-refractivity contribution in [1.29, 1.82) is 0 Å². The number of alkyl carbamates (subject to hydrolysis) is 1. The topological polar surface area (TPSA) is 85.3 Å². The first-order valence-electron chi connectivity index (χ1n) is 10.5. The lowest BCUT2D eigenvalue weighted by molar-refractivity contribution is 0.0487. The van der Waals surface area contributed by atoms with E-state index >= 15 is 0 Å². The lowest BCUT2D eigenvalue weighted by atomic mass is 9.86. The summed E-state index contributed by atoms with van der Waals surface area (Å²) in [4.78, 5) is 28.0. The van der Waals surface area contributed by atoms with Gasteiger partial charge in [-0.2, -0.15) is 0 Å². The molecule has 0 aromatic carbocycles. The smallest absolute Gasteiger partial charge is 0.407 e. The molecule has 2 aromatic heterocycles. The molecule has 0 radical (unpaired) electrons. The molecule has 0 aliphatic heterocycles. The number of aryl methyl sites for hydroxylation is 1. The van der Waals surface area contributed by atoms with E-state index in [0.717, 1.165) is 32.2 Å². The zero-order chi connectivity index (χ0) is 21.9. The van der Waals surface area contributed by atoms with Crippen LogP contribution in [-0.4, -0.2) is 33.8 Å². The molecule has 0 saturated heterocycles. The molecule has 2 N–H and O–H groups in total. The van der Waals surface area contributed by atoms with Crippen LogP contribution in [-0.2, 0) is 18.3 Å². The van der Waals surface area contributed by atoms with Gasteiger partial charge >= 0.3 is 6.09 Å². The van der Waals surface area contributed by atoms with Gasteiger partial charge in [0.15, 0.2) is 0 Å². The van der Waals surface area contributed by atoms with E-state index in [1.807, 2.05) is 20.8 Å². The maximum atomic E-state index is 14.4. The largest absolute Gasteiger partial charge is 0.444 e. The van der Waals surface area contributed by atoms with E-state index in [1.165, 1.54) is 16.8 Å². The van der Waals surface area contributed by atoms with Crippen LogP contribution in [0.25, 0.3) is 11.0 Å². The van der Waals surface area contributed by atoms with E-state index in [4.69, 9.17) is 4.74 Å². The van der Waals surface area contributed by atoms with E-state index in [-0.39, 0.29) is 17.7 Å². The van der Waals surface area contributed by atoms with E-state index in [9.17, 15) is 14.0 Å². The van der Waals surface area contributed by atoms with Crippen LogP contribution in [0.5, 0.6) is 0 Å². The molecule has 7 nitrogen and oxygen atoms in total. The molecule has 1 amide bonds. The number of aromatic nitrogens is 2. The zero-order valence-electron chi connectivity index (χ0n) is 18.1. The van der Waals surface area contributed by atoms with Crippen molar-refractivity contribution in [2.45, 2.75) is 64.6 Å². The highest BCUT2D eigenvalue weighted by Crippen LogP contribution is 2.25. The number of carbonyl (C=O) groups is 1. The van der Waals surface area contributed by atoms with Crippen molar-refractivity contribution >= 4 is 17.1 Å². The van der Waals surface area contributed by atoms with E-state index in [1.54, 1.807) is 13.1 Å². The first-order valence-corrected chi connectivity index (χ1v) is 10.5. The summed E-state index contributed by atoms with van der Waals surface area (Å²) in [6.45, 7) is 6.63. The predicted molar refractivity (Wildman–Crippen MR) is 114 cm³/mol. The molecule has 30 heavy (non-hydrogen) atoms. The standard InChI is InChI=1S/C22H31FN4O3/c1-22(2,3)30-21(29)26-15-7-5-14(6-8-15)11-24-12-16-17(23)13-25-18-9-10-19(28)27(4)20(16)18/h9-10,13-15,24H,5-8,11-12H2,1-4H3,(H,26,29). The maximum Gasteiger partial charge on any atom is 0.407 e. The summed E-state index contributed by atoms with van der Waals surface area (Å²) in [5.41, 5.74) is 0.901. The number of nitrogens with zero attached hydrogens (tertiary/aromatic N) is 2. The molecule has 3 rings (SSSR count). The van der Waals surface area contributed by atoms with Crippen LogP contribution in [0.15, 0.2) is 23.1 Å². The molecule has 0 atom stereocenters. The first kappa shape index (κ1) is 22.2. The minimum atomic E-state index is -0.499. The number of hydrogen-bond acceptors (Lipinski definition) is 5. The fourth-order valence-electron chi connectivity index (χ4n) is 3.96.